The van der Waals surface area contributed by atoms with Gasteiger partial charge in [-0.2, -0.15) is 8.42 Å². The van der Waals surface area contributed by atoms with Crippen LogP contribution in [0.4, 0.5) is 0 Å². The van der Waals surface area contributed by atoms with Crippen LogP contribution in [0.5, 0.6) is 0 Å². The van der Waals surface area contributed by atoms with Gasteiger partial charge in [-0.15, -0.1) is 0 Å². The summed E-state index contributed by atoms with van der Waals surface area (Å²) in [4.78, 5) is 9.03. The summed E-state index contributed by atoms with van der Waals surface area (Å²) in [7, 11) is -7.65. The minimum absolute atomic E-state index is 0.0109. The van der Waals surface area contributed by atoms with E-state index in [1.54, 1.807) is 6.07 Å². The summed E-state index contributed by atoms with van der Waals surface area (Å²) in [6.45, 7) is 1.48. The van der Waals surface area contributed by atoms with Gasteiger partial charge in [0.1, 0.15) is 11.2 Å². The van der Waals surface area contributed by atoms with Gasteiger partial charge in [-0.1, -0.05) is 30.7 Å². The predicted molar refractivity (Wildman–Crippen MR) is 65.0 cm³/mol. The molecule has 0 amide bonds. The van der Waals surface area contributed by atoms with Crippen molar-refractivity contribution in [3.05, 3.63) is 29.3 Å². The fourth-order valence-electron chi connectivity index (χ4n) is 0.954. The van der Waals surface area contributed by atoms with Crippen LogP contribution in [0.1, 0.15) is 6.92 Å². The number of halogens is 1. The van der Waals surface area contributed by atoms with Crippen molar-refractivity contribution in [3.63, 3.8) is 0 Å². The Bertz CT molecular complexity index is 542. The molecule has 1 atom stereocenters. The van der Waals surface area contributed by atoms with Gasteiger partial charge in [0.05, 0.1) is 5.02 Å². The molecule has 0 aromatic heterocycles. The highest BCUT2D eigenvalue weighted by atomic mass is 35.5. The molecule has 1 unspecified atom stereocenters. The smallest absolute Gasteiger partial charge is 0.298 e. The van der Waals surface area contributed by atoms with E-state index in [0.717, 1.165) is 0 Å². The first-order valence-corrected chi connectivity index (χ1v) is 8.55. The monoisotopic (exact) mass is 298 g/mol. The summed E-state index contributed by atoms with van der Waals surface area (Å²) >= 11 is 5.70. The Morgan fingerprint density at radius 2 is 2.00 bits per heavy atom. The van der Waals surface area contributed by atoms with Gasteiger partial charge in [0.2, 0.25) is 7.37 Å². The summed E-state index contributed by atoms with van der Waals surface area (Å²) < 4.78 is 39.2. The molecule has 0 fully saturated rings. The van der Waals surface area contributed by atoms with E-state index < -0.39 is 23.8 Å². The molecular formula is C9H12ClO5PS. The van der Waals surface area contributed by atoms with Crippen molar-refractivity contribution in [1.29, 1.82) is 0 Å². The molecular weight excluding hydrogens is 287 g/mol. The molecule has 0 radical (unpaired) electrons. The van der Waals surface area contributed by atoms with Crippen molar-refractivity contribution >= 4 is 29.1 Å². The summed E-state index contributed by atoms with van der Waals surface area (Å²) in [6, 6.07) is 5.73. The lowest BCUT2D eigenvalue weighted by atomic mass is 10.4. The topological polar surface area (TPSA) is 80.7 Å². The predicted octanol–water partition coefficient (Wildman–Crippen LogP) is 2.29. The van der Waals surface area contributed by atoms with E-state index >= 15 is 0 Å². The molecule has 0 saturated carbocycles. The second kappa shape index (κ2) is 5.50. The lowest BCUT2D eigenvalue weighted by Gasteiger charge is -2.10. The molecule has 0 aliphatic rings. The van der Waals surface area contributed by atoms with E-state index in [-0.39, 0.29) is 16.1 Å². The van der Waals surface area contributed by atoms with Crippen molar-refractivity contribution in [3.8, 4) is 0 Å². The van der Waals surface area contributed by atoms with E-state index in [4.69, 9.17) is 11.6 Å². The van der Waals surface area contributed by atoms with E-state index in [1.165, 1.54) is 25.1 Å². The summed E-state index contributed by atoms with van der Waals surface area (Å²) in [5, 5.41) is 0.0109. The van der Waals surface area contributed by atoms with Crippen molar-refractivity contribution in [2.24, 2.45) is 0 Å². The van der Waals surface area contributed by atoms with Crippen molar-refractivity contribution in [2.75, 3.05) is 12.5 Å². The Morgan fingerprint density at radius 3 is 2.53 bits per heavy atom. The van der Waals surface area contributed by atoms with Gasteiger partial charge in [-0.3, -0.25) is 8.75 Å². The van der Waals surface area contributed by atoms with Gasteiger partial charge in [-0.25, -0.2) is 0 Å². The average molecular weight is 299 g/mol. The first-order valence-electron chi connectivity index (χ1n) is 4.73. The molecule has 1 rings (SSSR count). The van der Waals surface area contributed by atoms with Crippen molar-refractivity contribution < 1.29 is 22.1 Å². The van der Waals surface area contributed by atoms with Crippen LogP contribution in [0.2, 0.25) is 5.02 Å². The van der Waals surface area contributed by atoms with Crippen molar-refractivity contribution in [1.82, 2.24) is 0 Å². The molecule has 5 nitrogen and oxygen atoms in total. The maximum absolute atomic E-state index is 11.7. The van der Waals surface area contributed by atoms with Crippen LogP contribution in [-0.4, -0.2) is 25.8 Å². The SMILES string of the molecule is CCP(=O)(O)COS(=O)(=O)c1ccccc1Cl. The lowest BCUT2D eigenvalue weighted by Crippen LogP contribution is -2.09. The van der Waals surface area contributed by atoms with Crippen LogP contribution < -0.4 is 0 Å². The molecule has 17 heavy (non-hydrogen) atoms. The van der Waals surface area contributed by atoms with Crippen LogP contribution in [0.15, 0.2) is 29.2 Å². The normalized spacial score (nSPS) is 15.5. The van der Waals surface area contributed by atoms with Gasteiger partial charge in [0.25, 0.3) is 10.1 Å². The molecule has 0 heterocycles. The molecule has 0 bridgehead atoms. The highest BCUT2D eigenvalue weighted by Gasteiger charge is 2.24. The number of hydrogen-bond acceptors (Lipinski definition) is 4. The third kappa shape index (κ3) is 4.08. The Morgan fingerprint density at radius 1 is 1.41 bits per heavy atom. The van der Waals surface area contributed by atoms with Gasteiger partial charge in [0.15, 0.2) is 0 Å². The van der Waals surface area contributed by atoms with E-state index in [0.29, 0.717) is 0 Å². The zero-order chi connectivity index (χ0) is 13.1. The lowest BCUT2D eigenvalue weighted by molar-refractivity contribution is 0.346. The fraction of sp³-hybridized carbons (Fsp3) is 0.333. The molecule has 1 aromatic rings. The molecule has 0 aliphatic heterocycles. The minimum Gasteiger partial charge on any atom is -0.343 e. The molecule has 0 aliphatic carbocycles. The maximum Gasteiger partial charge on any atom is 0.298 e. The first-order chi connectivity index (χ1) is 7.78. The van der Waals surface area contributed by atoms with Crippen LogP contribution >= 0.6 is 19.0 Å². The number of benzene rings is 1. The van der Waals surface area contributed by atoms with Crippen LogP contribution in [-0.2, 0) is 18.9 Å². The summed E-state index contributed by atoms with van der Waals surface area (Å²) in [6.07, 6.45) is -0.790. The highest BCUT2D eigenvalue weighted by molar-refractivity contribution is 7.87. The first kappa shape index (κ1) is 14.7. The standard InChI is InChI=1S/C9H12ClO5PS/c1-2-16(11,12)7-15-17(13,14)9-6-4-3-5-8(9)10/h3-6H,2,7H2,1H3,(H,11,12). The van der Waals surface area contributed by atoms with Gasteiger partial charge >= 0.3 is 0 Å². The molecule has 0 saturated heterocycles. The minimum atomic E-state index is -4.10. The summed E-state index contributed by atoms with van der Waals surface area (Å²) in [5.74, 6) is 0. The molecule has 1 N–H and O–H groups in total. The third-order valence-electron chi connectivity index (χ3n) is 2.01. The average Bonchev–Trinajstić information content (AvgIpc) is 2.27. The molecule has 8 heteroatoms. The van der Waals surface area contributed by atoms with Gasteiger partial charge < -0.3 is 4.89 Å². The quantitative estimate of drug-likeness (QED) is 0.666. The largest absolute Gasteiger partial charge is 0.343 e. The number of hydrogen-bond donors (Lipinski definition) is 1. The summed E-state index contributed by atoms with van der Waals surface area (Å²) in [5.41, 5.74) is 0. The second-order valence-corrected chi connectivity index (χ2v) is 7.87. The van der Waals surface area contributed by atoms with Gasteiger partial charge in [-0.05, 0) is 12.1 Å². The van der Waals surface area contributed by atoms with Crippen molar-refractivity contribution in [2.45, 2.75) is 11.8 Å². The zero-order valence-corrected chi connectivity index (χ0v) is 11.5. The third-order valence-corrected chi connectivity index (χ3v) is 5.47. The van der Waals surface area contributed by atoms with Gasteiger partial charge in [0, 0.05) is 6.16 Å². The van der Waals surface area contributed by atoms with E-state index in [9.17, 15) is 17.9 Å². The Hall–Kier alpha value is -0.390. The van der Waals surface area contributed by atoms with Crippen LogP contribution in [0.3, 0.4) is 0 Å². The molecule has 0 spiro atoms. The highest BCUT2D eigenvalue weighted by Crippen LogP contribution is 2.40. The number of rotatable bonds is 5. The zero-order valence-electron chi connectivity index (χ0n) is 9.04. The molecule has 1 aromatic carbocycles. The van der Waals surface area contributed by atoms with E-state index in [1.807, 2.05) is 0 Å². The maximum atomic E-state index is 11.7. The Kier molecular flexibility index (Phi) is 4.75. The molecule has 96 valence electrons. The van der Waals surface area contributed by atoms with E-state index in [2.05, 4.69) is 4.18 Å². The Balaban J connectivity index is 2.91. The van der Waals surface area contributed by atoms with Crippen LogP contribution in [0.25, 0.3) is 0 Å². The van der Waals surface area contributed by atoms with Crippen LogP contribution in [0, 0.1) is 0 Å². The fourth-order valence-corrected chi connectivity index (χ4v) is 3.45. The second-order valence-electron chi connectivity index (χ2n) is 3.29. The Labute approximate surface area is 105 Å².